The van der Waals surface area contributed by atoms with E-state index in [0.717, 1.165) is 37.0 Å². The number of hydrogen-bond donors (Lipinski definition) is 0. The minimum Gasteiger partial charge on any atom is -0.489 e. The fraction of sp³-hybridized carbons (Fsp3) is 0.735. The largest absolute Gasteiger partial charge is 0.489 e. The number of carbonyl (C=O) groups excluding carboxylic acids is 1. The SMILES string of the molecule is C/C=C/COc1ccc(OC(=O)C2CCCC3CC(C4CCC(CCCCCCC)CC4)CCC32)c(F)c1. The standard InChI is InChI=1S/C34H51FO3/c1-3-5-7-8-9-11-25-14-16-26(17-15-25)27-18-20-30-28(23-27)12-10-13-31(30)34(36)38-33-21-19-29(24-32(33)35)37-22-6-4-2/h4,6,19,21,24-28,30-31H,3,5,7-18,20,22-23H2,1-2H3/b6-4+. The van der Waals surface area contributed by atoms with Crippen molar-refractivity contribution in [3.63, 3.8) is 0 Å². The van der Waals surface area contributed by atoms with Crippen LogP contribution in [-0.4, -0.2) is 12.6 Å². The van der Waals surface area contributed by atoms with Gasteiger partial charge in [-0.1, -0.05) is 83.3 Å². The van der Waals surface area contributed by atoms with E-state index in [2.05, 4.69) is 6.92 Å². The van der Waals surface area contributed by atoms with Gasteiger partial charge in [0.15, 0.2) is 11.6 Å². The van der Waals surface area contributed by atoms with E-state index in [1.807, 2.05) is 19.1 Å². The third-order valence-electron chi connectivity index (χ3n) is 9.96. The van der Waals surface area contributed by atoms with Gasteiger partial charge in [-0.3, -0.25) is 4.79 Å². The Kier molecular flexibility index (Phi) is 11.6. The van der Waals surface area contributed by atoms with Crippen molar-refractivity contribution in [3.8, 4) is 11.5 Å². The number of ether oxygens (including phenoxy) is 2. The zero-order valence-corrected chi connectivity index (χ0v) is 24.0. The Hall–Kier alpha value is -1.84. The summed E-state index contributed by atoms with van der Waals surface area (Å²) in [6.07, 6.45) is 24.8. The Labute approximate surface area is 230 Å². The average molecular weight is 527 g/mol. The summed E-state index contributed by atoms with van der Waals surface area (Å²) in [4.78, 5) is 13.2. The highest BCUT2D eigenvalue weighted by atomic mass is 19.1. The number of unbranched alkanes of at least 4 members (excludes halogenated alkanes) is 4. The van der Waals surface area contributed by atoms with Crippen LogP contribution in [0.1, 0.15) is 117 Å². The molecule has 0 aliphatic heterocycles. The predicted molar refractivity (Wildman–Crippen MR) is 153 cm³/mol. The van der Waals surface area contributed by atoms with Crippen molar-refractivity contribution < 1.29 is 18.7 Å². The summed E-state index contributed by atoms with van der Waals surface area (Å²) in [6.45, 7) is 4.59. The molecule has 4 atom stereocenters. The van der Waals surface area contributed by atoms with Gasteiger partial charge in [0.05, 0.1) is 5.92 Å². The Morgan fingerprint density at radius 1 is 0.947 bits per heavy atom. The maximum atomic E-state index is 14.6. The zero-order chi connectivity index (χ0) is 26.7. The number of hydrogen-bond acceptors (Lipinski definition) is 3. The Bertz CT molecular complexity index is 888. The topological polar surface area (TPSA) is 35.5 Å². The van der Waals surface area contributed by atoms with Gasteiger partial charge in [-0.25, -0.2) is 4.39 Å². The van der Waals surface area contributed by atoms with Crippen molar-refractivity contribution in [2.24, 2.45) is 35.5 Å². The van der Waals surface area contributed by atoms with E-state index in [1.165, 1.54) is 95.6 Å². The van der Waals surface area contributed by atoms with E-state index in [-0.39, 0.29) is 17.6 Å². The number of halogens is 1. The van der Waals surface area contributed by atoms with Gasteiger partial charge in [-0.05, 0) is 87.2 Å². The molecular formula is C34H51FO3. The molecule has 0 amide bonds. The average Bonchev–Trinajstić information content (AvgIpc) is 2.94. The summed E-state index contributed by atoms with van der Waals surface area (Å²) in [7, 11) is 0. The van der Waals surface area contributed by atoms with Gasteiger partial charge in [0.2, 0.25) is 0 Å². The van der Waals surface area contributed by atoms with Gasteiger partial charge < -0.3 is 9.47 Å². The summed E-state index contributed by atoms with van der Waals surface area (Å²) in [5.74, 6) is 3.32. The summed E-state index contributed by atoms with van der Waals surface area (Å²) in [5.41, 5.74) is 0. The van der Waals surface area contributed by atoms with E-state index < -0.39 is 5.82 Å². The molecule has 4 heteroatoms. The molecule has 3 aliphatic rings. The van der Waals surface area contributed by atoms with Crippen molar-refractivity contribution >= 4 is 5.97 Å². The minimum atomic E-state index is -0.538. The van der Waals surface area contributed by atoms with Gasteiger partial charge in [-0.15, -0.1) is 0 Å². The number of fused-ring (bicyclic) bond motifs is 1. The van der Waals surface area contributed by atoms with Crippen LogP contribution in [0.2, 0.25) is 0 Å². The van der Waals surface area contributed by atoms with Gasteiger partial charge in [0, 0.05) is 6.07 Å². The van der Waals surface area contributed by atoms with Gasteiger partial charge in [0.1, 0.15) is 12.4 Å². The molecule has 0 saturated heterocycles. The molecule has 3 saturated carbocycles. The normalized spacial score (nSPS) is 29.7. The van der Waals surface area contributed by atoms with Gasteiger partial charge in [0.25, 0.3) is 0 Å². The monoisotopic (exact) mass is 526 g/mol. The number of allylic oxidation sites excluding steroid dienone is 1. The number of esters is 1. The second-order valence-corrected chi connectivity index (χ2v) is 12.4. The second kappa shape index (κ2) is 15.1. The molecule has 38 heavy (non-hydrogen) atoms. The molecule has 4 rings (SSSR count). The lowest BCUT2D eigenvalue weighted by molar-refractivity contribution is -0.144. The van der Waals surface area contributed by atoms with E-state index in [4.69, 9.17) is 9.47 Å². The Balaban J connectivity index is 1.23. The second-order valence-electron chi connectivity index (χ2n) is 12.4. The molecule has 0 spiro atoms. The van der Waals surface area contributed by atoms with Crippen molar-refractivity contribution in [1.82, 2.24) is 0 Å². The van der Waals surface area contributed by atoms with Crippen molar-refractivity contribution in [2.45, 2.75) is 117 Å². The van der Waals surface area contributed by atoms with Crippen LogP contribution in [-0.2, 0) is 4.79 Å². The molecule has 0 N–H and O–H groups in total. The highest BCUT2D eigenvalue weighted by Crippen LogP contribution is 2.50. The van der Waals surface area contributed by atoms with Crippen LogP contribution in [0.25, 0.3) is 0 Å². The molecule has 0 bridgehead atoms. The molecule has 1 aromatic carbocycles. The third kappa shape index (κ3) is 8.09. The molecule has 3 nitrogen and oxygen atoms in total. The van der Waals surface area contributed by atoms with E-state index >= 15 is 0 Å². The fourth-order valence-corrected chi connectivity index (χ4v) is 7.78. The van der Waals surface area contributed by atoms with Crippen LogP contribution in [0.3, 0.4) is 0 Å². The van der Waals surface area contributed by atoms with Crippen LogP contribution >= 0.6 is 0 Å². The Morgan fingerprint density at radius 2 is 1.74 bits per heavy atom. The lowest BCUT2D eigenvalue weighted by atomic mass is 9.59. The quantitative estimate of drug-likeness (QED) is 0.118. The van der Waals surface area contributed by atoms with Crippen molar-refractivity contribution in [2.75, 3.05) is 6.61 Å². The zero-order valence-electron chi connectivity index (χ0n) is 24.0. The molecular weight excluding hydrogens is 475 g/mol. The maximum Gasteiger partial charge on any atom is 0.314 e. The summed E-state index contributed by atoms with van der Waals surface area (Å²) in [6, 6.07) is 4.50. The molecule has 212 valence electrons. The van der Waals surface area contributed by atoms with E-state index in [1.54, 1.807) is 6.07 Å². The summed E-state index contributed by atoms with van der Waals surface area (Å²) in [5, 5.41) is 0. The third-order valence-corrected chi connectivity index (χ3v) is 9.96. The first-order valence-electron chi connectivity index (χ1n) is 15.8. The fourth-order valence-electron chi connectivity index (χ4n) is 7.78. The molecule has 3 fully saturated rings. The van der Waals surface area contributed by atoms with Crippen LogP contribution in [0.15, 0.2) is 30.4 Å². The molecule has 3 aliphatic carbocycles. The first-order valence-corrected chi connectivity index (χ1v) is 15.8. The lowest BCUT2D eigenvalue weighted by Gasteiger charge is -2.46. The van der Waals surface area contributed by atoms with Crippen LogP contribution < -0.4 is 9.47 Å². The maximum absolute atomic E-state index is 14.6. The molecule has 0 heterocycles. The molecule has 0 radical (unpaired) electrons. The smallest absolute Gasteiger partial charge is 0.314 e. The highest BCUT2D eigenvalue weighted by Gasteiger charge is 2.43. The lowest BCUT2D eigenvalue weighted by Crippen LogP contribution is -2.40. The highest BCUT2D eigenvalue weighted by molar-refractivity contribution is 5.75. The number of carbonyl (C=O) groups is 1. The predicted octanol–water partition coefficient (Wildman–Crippen LogP) is 9.69. The number of benzene rings is 1. The van der Waals surface area contributed by atoms with Crippen LogP contribution in [0.4, 0.5) is 4.39 Å². The van der Waals surface area contributed by atoms with Crippen LogP contribution in [0.5, 0.6) is 11.5 Å². The molecule has 0 aromatic heterocycles. The summed E-state index contributed by atoms with van der Waals surface area (Å²) >= 11 is 0. The molecule has 4 unspecified atom stereocenters. The van der Waals surface area contributed by atoms with Crippen LogP contribution in [0, 0.1) is 41.3 Å². The van der Waals surface area contributed by atoms with E-state index in [0.29, 0.717) is 24.2 Å². The first kappa shape index (κ1) is 29.2. The van der Waals surface area contributed by atoms with Crippen molar-refractivity contribution in [3.05, 3.63) is 36.2 Å². The van der Waals surface area contributed by atoms with Gasteiger partial charge >= 0.3 is 5.97 Å². The number of rotatable bonds is 12. The first-order chi connectivity index (χ1) is 18.6. The summed E-state index contributed by atoms with van der Waals surface area (Å²) < 4.78 is 25.8. The van der Waals surface area contributed by atoms with Crippen molar-refractivity contribution in [1.29, 1.82) is 0 Å². The Morgan fingerprint density at radius 3 is 2.50 bits per heavy atom. The van der Waals surface area contributed by atoms with Gasteiger partial charge in [-0.2, -0.15) is 0 Å². The minimum absolute atomic E-state index is 0.0197. The molecule has 1 aromatic rings. The van der Waals surface area contributed by atoms with E-state index in [9.17, 15) is 9.18 Å².